The Kier molecular flexibility index (Phi) is 6.63. The van der Waals surface area contributed by atoms with E-state index in [1.54, 1.807) is 12.4 Å². The van der Waals surface area contributed by atoms with Gasteiger partial charge in [-0.1, -0.05) is 19.8 Å². The highest BCUT2D eigenvalue weighted by Gasteiger charge is 2.19. The molecule has 0 atom stereocenters. The summed E-state index contributed by atoms with van der Waals surface area (Å²) < 4.78 is 13.1. The van der Waals surface area contributed by atoms with Crippen LogP contribution in [0, 0.1) is 5.82 Å². The molecule has 0 unspecified atom stereocenters. The van der Waals surface area contributed by atoms with Crippen LogP contribution < -0.4 is 15.1 Å². The molecule has 2 aromatic rings. The van der Waals surface area contributed by atoms with Crippen molar-refractivity contribution < 1.29 is 9.18 Å². The van der Waals surface area contributed by atoms with Crippen molar-refractivity contribution in [2.45, 2.75) is 26.2 Å². The van der Waals surface area contributed by atoms with Gasteiger partial charge in [-0.2, -0.15) is 0 Å². The van der Waals surface area contributed by atoms with Crippen molar-refractivity contribution >= 4 is 17.3 Å². The highest BCUT2D eigenvalue weighted by atomic mass is 19.1. The molecule has 0 bridgehead atoms. The van der Waals surface area contributed by atoms with E-state index in [4.69, 9.17) is 0 Å². The van der Waals surface area contributed by atoms with Gasteiger partial charge in [-0.05, 0) is 36.8 Å². The van der Waals surface area contributed by atoms with E-state index >= 15 is 0 Å². The van der Waals surface area contributed by atoms with E-state index in [-0.39, 0.29) is 11.7 Å². The van der Waals surface area contributed by atoms with Gasteiger partial charge < -0.3 is 15.1 Å². The Morgan fingerprint density at radius 1 is 1.04 bits per heavy atom. The molecule has 5 nitrogen and oxygen atoms in total. The van der Waals surface area contributed by atoms with E-state index in [1.165, 1.54) is 12.1 Å². The first kappa shape index (κ1) is 19.1. The fraction of sp³-hybridized carbons (Fsp3) is 0.429. The number of rotatable bonds is 7. The van der Waals surface area contributed by atoms with E-state index in [2.05, 4.69) is 27.0 Å². The third kappa shape index (κ3) is 5.18. The lowest BCUT2D eigenvalue weighted by Gasteiger charge is -2.37. The van der Waals surface area contributed by atoms with E-state index in [0.717, 1.165) is 56.8 Å². The van der Waals surface area contributed by atoms with Crippen LogP contribution in [-0.2, 0) is 0 Å². The maximum absolute atomic E-state index is 13.1. The van der Waals surface area contributed by atoms with Crippen LogP contribution in [0.5, 0.6) is 0 Å². The van der Waals surface area contributed by atoms with Gasteiger partial charge in [0.05, 0.1) is 17.4 Å². The number of nitrogens with one attached hydrogen (secondary N) is 1. The highest BCUT2D eigenvalue weighted by Crippen LogP contribution is 2.21. The number of hydrogen-bond donors (Lipinski definition) is 1. The molecule has 1 aliphatic heterocycles. The van der Waals surface area contributed by atoms with Gasteiger partial charge in [0, 0.05) is 44.6 Å². The average molecular weight is 370 g/mol. The van der Waals surface area contributed by atoms with Crippen LogP contribution in [0.3, 0.4) is 0 Å². The number of aromatic nitrogens is 1. The molecule has 0 radical (unpaired) electrons. The standard InChI is InChI=1S/C21H27FN4O/c1-2-3-4-9-24-21(27)17-14-20(16-23-15-17)26-12-10-25(11-13-26)19-7-5-18(22)6-8-19/h5-8,14-16H,2-4,9-13H2,1H3,(H,24,27). The summed E-state index contributed by atoms with van der Waals surface area (Å²) in [5.41, 5.74) is 2.61. The van der Waals surface area contributed by atoms with Crippen LogP contribution in [0.25, 0.3) is 0 Å². The molecule has 3 rings (SSSR count). The van der Waals surface area contributed by atoms with Gasteiger partial charge in [-0.15, -0.1) is 0 Å². The molecule has 144 valence electrons. The fourth-order valence-corrected chi connectivity index (χ4v) is 3.28. The maximum Gasteiger partial charge on any atom is 0.252 e. The fourth-order valence-electron chi connectivity index (χ4n) is 3.28. The minimum atomic E-state index is -0.215. The van der Waals surface area contributed by atoms with Gasteiger partial charge in [0.25, 0.3) is 5.91 Å². The first-order valence-electron chi connectivity index (χ1n) is 9.66. The second-order valence-corrected chi connectivity index (χ2v) is 6.85. The van der Waals surface area contributed by atoms with E-state index in [9.17, 15) is 9.18 Å². The molecule has 1 N–H and O–H groups in total. The molecule has 0 aliphatic carbocycles. The minimum absolute atomic E-state index is 0.0644. The number of carbonyl (C=O) groups is 1. The van der Waals surface area contributed by atoms with Crippen LogP contribution in [-0.4, -0.2) is 43.6 Å². The zero-order valence-corrected chi connectivity index (χ0v) is 15.8. The van der Waals surface area contributed by atoms with Crippen LogP contribution in [0.4, 0.5) is 15.8 Å². The van der Waals surface area contributed by atoms with Crippen LogP contribution >= 0.6 is 0 Å². The zero-order chi connectivity index (χ0) is 19.1. The second kappa shape index (κ2) is 9.35. The summed E-state index contributed by atoms with van der Waals surface area (Å²) in [6.07, 6.45) is 6.68. The van der Waals surface area contributed by atoms with Gasteiger partial charge in [0.2, 0.25) is 0 Å². The Morgan fingerprint density at radius 2 is 1.70 bits per heavy atom. The smallest absolute Gasteiger partial charge is 0.252 e. The predicted molar refractivity (Wildman–Crippen MR) is 107 cm³/mol. The van der Waals surface area contributed by atoms with Gasteiger partial charge in [0.1, 0.15) is 5.82 Å². The van der Waals surface area contributed by atoms with E-state index in [0.29, 0.717) is 12.1 Å². The summed E-state index contributed by atoms with van der Waals surface area (Å²) in [6, 6.07) is 8.53. The maximum atomic E-state index is 13.1. The molecule has 1 aromatic heterocycles. The van der Waals surface area contributed by atoms with E-state index < -0.39 is 0 Å². The zero-order valence-electron chi connectivity index (χ0n) is 15.8. The summed E-state index contributed by atoms with van der Waals surface area (Å²) >= 11 is 0. The molecule has 1 aliphatic rings. The summed E-state index contributed by atoms with van der Waals surface area (Å²) in [4.78, 5) is 21.0. The van der Waals surface area contributed by atoms with Gasteiger partial charge in [0.15, 0.2) is 0 Å². The number of nitrogens with zero attached hydrogens (tertiary/aromatic N) is 3. The second-order valence-electron chi connectivity index (χ2n) is 6.85. The third-order valence-electron chi connectivity index (χ3n) is 4.89. The number of pyridine rings is 1. The third-order valence-corrected chi connectivity index (χ3v) is 4.89. The number of halogens is 1. The summed E-state index contributed by atoms with van der Waals surface area (Å²) in [5, 5.41) is 2.96. The van der Waals surface area contributed by atoms with E-state index in [1.807, 2.05) is 18.2 Å². The lowest BCUT2D eigenvalue weighted by Crippen LogP contribution is -2.46. The molecule has 27 heavy (non-hydrogen) atoms. The predicted octanol–water partition coefficient (Wildman–Crippen LogP) is 3.47. The Hall–Kier alpha value is -2.63. The number of piperazine rings is 1. The molecule has 1 aromatic carbocycles. The lowest BCUT2D eigenvalue weighted by atomic mass is 10.2. The monoisotopic (exact) mass is 370 g/mol. The molecule has 1 amide bonds. The number of benzene rings is 1. The number of carbonyl (C=O) groups excluding carboxylic acids is 1. The Morgan fingerprint density at radius 3 is 2.37 bits per heavy atom. The largest absolute Gasteiger partial charge is 0.368 e. The molecular weight excluding hydrogens is 343 g/mol. The summed E-state index contributed by atoms with van der Waals surface area (Å²) in [5.74, 6) is -0.279. The SMILES string of the molecule is CCCCCNC(=O)c1cncc(N2CCN(c3ccc(F)cc3)CC2)c1. The topological polar surface area (TPSA) is 48.5 Å². The quantitative estimate of drug-likeness (QED) is 0.758. The number of hydrogen-bond acceptors (Lipinski definition) is 4. The van der Waals surface area contributed by atoms with Gasteiger partial charge in [-0.3, -0.25) is 9.78 Å². The lowest BCUT2D eigenvalue weighted by molar-refractivity contribution is 0.0952. The van der Waals surface area contributed by atoms with Crippen LogP contribution in [0.2, 0.25) is 0 Å². The van der Waals surface area contributed by atoms with Crippen molar-refractivity contribution in [2.24, 2.45) is 0 Å². The normalized spacial score (nSPS) is 14.3. The number of amides is 1. The first-order valence-corrected chi connectivity index (χ1v) is 9.66. The Bertz CT molecular complexity index is 742. The minimum Gasteiger partial charge on any atom is -0.368 e. The van der Waals surface area contributed by atoms with Crippen molar-refractivity contribution in [1.82, 2.24) is 10.3 Å². The molecule has 2 heterocycles. The average Bonchev–Trinajstić information content (AvgIpc) is 2.72. The first-order chi connectivity index (χ1) is 13.2. The van der Waals surface area contributed by atoms with Crippen LogP contribution in [0.1, 0.15) is 36.5 Å². The van der Waals surface area contributed by atoms with Crippen molar-refractivity contribution in [3.63, 3.8) is 0 Å². The Balaban J connectivity index is 1.56. The molecule has 1 saturated heterocycles. The van der Waals surface area contributed by atoms with Gasteiger partial charge >= 0.3 is 0 Å². The molecular formula is C21H27FN4O. The van der Waals surface area contributed by atoms with Gasteiger partial charge in [-0.25, -0.2) is 4.39 Å². The molecule has 1 fully saturated rings. The van der Waals surface area contributed by atoms with Crippen molar-refractivity contribution in [2.75, 3.05) is 42.5 Å². The summed E-state index contributed by atoms with van der Waals surface area (Å²) in [6.45, 7) is 6.21. The Labute approximate surface area is 160 Å². The molecule has 6 heteroatoms. The van der Waals surface area contributed by atoms with Crippen molar-refractivity contribution in [3.05, 3.63) is 54.1 Å². The van der Waals surface area contributed by atoms with Crippen molar-refractivity contribution in [3.8, 4) is 0 Å². The summed E-state index contributed by atoms with van der Waals surface area (Å²) in [7, 11) is 0. The number of unbranched alkanes of at least 4 members (excludes halogenated alkanes) is 2. The van der Waals surface area contributed by atoms with Crippen molar-refractivity contribution in [1.29, 1.82) is 0 Å². The van der Waals surface area contributed by atoms with Crippen LogP contribution in [0.15, 0.2) is 42.7 Å². The highest BCUT2D eigenvalue weighted by molar-refractivity contribution is 5.94. The molecule has 0 spiro atoms. The number of anilines is 2. The molecule has 0 saturated carbocycles.